The Kier molecular flexibility index (Phi) is 38.4. The van der Waals surface area contributed by atoms with Gasteiger partial charge in [-0.25, -0.2) is 4.79 Å². The fraction of sp³-hybridized carbons (Fsp3) is 0.448. The SMILES string of the molecule is CCC(=O)C(CC(C)(C)[N+](C)(C)C)(c1ccccc1)c1ccccc1.CCC(=O)C(c1ccccc1)(c1ccccc1)C(C)(C)C[N+](C)(C)C.CCC(=O)OC(Cc1ccccc1)(c1ccccc1)C(C)(C)C[N+](C)(C)C.CCC(C)(O)C(CC(C)(C)[N+](C)(C)C)(c1ccccc1)c1ccccc1.CCOC(Cc1ccccc1)(C(=O)OCC[N+](C)(C)C)c1ccccc1. The summed E-state index contributed by atoms with van der Waals surface area (Å²) in [6, 6.07) is 102. The predicted octanol–water partition coefficient (Wildman–Crippen LogP) is 22.7. The van der Waals surface area contributed by atoms with Gasteiger partial charge >= 0.3 is 11.9 Å². The highest BCUT2D eigenvalue weighted by Crippen LogP contribution is 2.53. The van der Waals surface area contributed by atoms with Crippen LogP contribution in [0, 0.1) is 10.8 Å². The minimum Gasteiger partial charge on any atom is -0.457 e. The van der Waals surface area contributed by atoms with Crippen molar-refractivity contribution in [1.82, 2.24) is 0 Å². The molecule has 1 N–H and O–H groups in total. The van der Waals surface area contributed by atoms with E-state index in [1.807, 2.05) is 217 Å². The Morgan fingerprint density at radius 2 is 0.643 bits per heavy atom. The van der Waals surface area contributed by atoms with Crippen molar-refractivity contribution in [3.63, 3.8) is 0 Å². The number of quaternary nitrogens is 5. The fourth-order valence-corrected chi connectivity index (χ4v) is 18.8. The number of hydrogen-bond acceptors (Lipinski definition) is 8. The Morgan fingerprint density at radius 3 is 0.961 bits per heavy atom. The monoisotopic (exact) mass is 1760 g/mol. The van der Waals surface area contributed by atoms with Gasteiger partial charge in [0.15, 0.2) is 11.2 Å². The average molecular weight is 1760 g/mol. The first kappa shape index (κ1) is 108. The lowest BCUT2D eigenvalue weighted by Gasteiger charge is -2.53. The molecule has 0 saturated heterocycles. The number of hydrogen-bond donors (Lipinski definition) is 1. The molecule has 3 unspecified atom stereocenters. The third-order valence-corrected chi connectivity index (χ3v) is 26.9. The number of carbonyl (C=O) groups excluding carboxylic acids is 4. The number of likely N-dealkylation sites (N-methyl/N-ethyl adjacent to an activating group) is 1. The molecule has 129 heavy (non-hydrogen) atoms. The molecule has 0 aliphatic carbocycles. The van der Waals surface area contributed by atoms with Crippen molar-refractivity contribution in [1.29, 1.82) is 0 Å². The molecule has 13 nitrogen and oxygen atoms in total. The van der Waals surface area contributed by atoms with E-state index in [-0.39, 0.29) is 45.4 Å². The molecule has 0 spiro atoms. The van der Waals surface area contributed by atoms with Gasteiger partial charge in [-0.1, -0.05) is 359 Å². The number of Topliss-reactive ketones (excluding diaryl/α,β-unsaturated/α-hetero) is 2. The molecule has 0 radical (unpaired) electrons. The summed E-state index contributed by atoms with van der Waals surface area (Å²) < 4.78 is 22.1. The lowest BCUT2D eigenvalue weighted by atomic mass is 9.55. The molecule has 10 aromatic rings. The van der Waals surface area contributed by atoms with E-state index in [1.54, 1.807) is 0 Å². The van der Waals surface area contributed by atoms with Crippen LogP contribution in [0.25, 0.3) is 0 Å². The van der Waals surface area contributed by atoms with Crippen molar-refractivity contribution < 1.29 is 60.9 Å². The lowest BCUT2D eigenvalue weighted by Crippen LogP contribution is -2.61. The van der Waals surface area contributed by atoms with Crippen molar-refractivity contribution in [3.05, 3.63) is 359 Å². The molecule has 0 saturated carbocycles. The Balaban J connectivity index is 0.000000249. The third-order valence-electron chi connectivity index (χ3n) is 26.9. The molecule has 696 valence electrons. The molecule has 10 rings (SSSR count). The normalized spacial score (nSPS) is 13.9. The van der Waals surface area contributed by atoms with Crippen molar-refractivity contribution in [3.8, 4) is 0 Å². The van der Waals surface area contributed by atoms with Crippen LogP contribution in [0.15, 0.2) is 303 Å². The topological polar surface area (TPSA) is 116 Å². The van der Waals surface area contributed by atoms with E-state index >= 15 is 0 Å². The number of benzene rings is 10. The van der Waals surface area contributed by atoms with E-state index in [4.69, 9.17) is 14.2 Å². The molecule has 0 amide bonds. The highest BCUT2D eigenvalue weighted by atomic mass is 16.6. The fourth-order valence-electron chi connectivity index (χ4n) is 18.8. The van der Waals surface area contributed by atoms with Crippen LogP contribution in [-0.4, -0.2) is 206 Å². The molecule has 0 aliphatic rings. The molecular formula is C116H164N5O8+5. The first-order valence-corrected chi connectivity index (χ1v) is 46.6. The summed E-state index contributed by atoms with van der Waals surface area (Å²) in [7, 11) is 32.7. The highest BCUT2D eigenvalue weighted by molar-refractivity contribution is 5.95. The van der Waals surface area contributed by atoms with E-state index < -0.39 is 33.0 Å². The second kappa shape index (κ2) is 45.8. The van der Waals surface area contributed by atoms with Gasteiger partial charge in [0.25, 0.3) is 0 Å². The van der Waals surface area contributed by atoms with Gasteiger partial charge in [-0.05, 0) is 104 Å². The van der Waals surface area contributed by atoms with Crippen LogP contribution < -0.4 is 0 Å². The van der Waals surface area contributed by atoms with Crippen LogP contribution in [-0.2, 0) is 73.7 Å². The summed E-state index contributed by atoms with van der Waals surface area (Å²) in [6.45, 7) is 33.1. The van der Waals surface area contributed by atoms with Crippen LogP contribution in [0.5, 0.6) is 0 Å². The molecule has 0 heterocycles. The zero-order chi connectivity index (χ0) is 96.3. The van der Waals surface area contributed by atoms with Crippen LogP contribution in [0.3, 0.4) is 0 Å². The molecular weight excluding hydrogens is 1590 g/mol. The number of aliphatic hydroxyl groups is 1. The Morgan fingerprint density at radius 1 is 0.333 bits per heavy atom. The van der Waals surface area contributed by atoms with Crippen LogP contribution in [0.1, 0.15) is 191 Å². The second-order valence-corrected chi connectivity index (χ2v) is 42.7. The van der Waals surface area contributed by atoms with E-state index in [0.717, 1.165) is 93.8 Å². The maximum Gasteiger partial charge on any atom is 0.343 e. The molecule has 0 bridgehead atoms. The first-order valence-electron chi connectivity index (χ1n) is 46.6. The van der Waals surface area contributed by atoms with Crippen molar-refractivity contribution in [2.75, 3.05) is 139 Å². The second-order valence-electron chi connectivity index (χ2n) is 42.7. The van der Waals surface area contributed by atoms with E-state index in [0.29, 0.717) is 51.7 Å². The van der Waals surface area contributed by atoms with Crippen molar-refractivity contribution >= 4 is 23.5 Å². The molecule has 3 atom stereocenters. The minimum absolute atomic E-state index is 0.0369. The van der Waals surface area contributed by atoms with Crippen LogP contribution in [0.2, 0.25) is 0 Å². The largest absolute Gasteiger partial charge is 0.457 e. The Hall–Kier alpha value is -9.80. The smallest absolute Gasteiger partial charge is 0.343 e. The summed E-state index contributed by atoms with van der Waals surface area (Å²) in [5.74, 6) is 0.0712. The van der Waals surface area contributed by atoms with Gasteiger partial charge in [-0.15, -0.1) is 0 Å². The van der Waals surface area contributed by atoms with Gasteiger partial charge in [-0.2, -0.15) is 0 Å². The number of ether oxygens (including phenoxy) is 3. The van der Waals surface area contributed by atoms with Gasteiger partial charge in [0.2, 0.25) is 0 Å². The number of ketones is 2. The molecule has 13 heteroatoms. The number of carbonyl (C=O) groups is 4. The van der Waals surface area contributed by atoms with Gasteiger partial charge in [0, 0.05) is 57.0 Å². The molecule has 10 aromatic carbocycles. The summed E-state index contributed by atoms with van der Waals surface area (Å²) in [5.41, 5.74) is 5.64. The zero-order valence-corrected chi connectivity index (χ0v) is 84.6. The van der Waals surface area contributed by atoms with Crippen LogP contribution >= 0.6 is 0 Å². The first-order chi connectivity index (χ1) is 60.2. The number of nitrogens with zero attached hydrogens (tertiary/aromatic N) is 5. The summed E-state index contributed by atoms with van der Waals surface area (Å²) in [6.07, 6.45) is 4.79. The molecule has 0 aromatic heterocycles. The standard InChI is InChI=1S/C24H34NO2.C24H36NO.2C23H32NO.C22H30NO3/c1-7-22(26)27-24(21-16-12-9-13-17-21,18-20-14-10-8-11-15-20)23(2,3)19-25(4,5)6;1-8-23(4,26)24(20-15-11-9-12-16-20,21-17-13-10-14-18-21)19-22(2,3)25(5,6)7;1-7-21(25)23(19-14-10-8-11-15-19,20-16-12-9-13-17-20)22(2,3)18-24(4,5)6;1-7-21(25)23(19-14-10-8-11-15-19,20-16-12-9-13-17-20)18-22(2,3)24(4,5)6;1-5-26-22(20-14-10-7-11-15-20,18-19-12-8-6-9-13-19)21(24)25-17-16-23(2,3)4/h8-17H,7,18-19H2,1-6H3;9-18,26H,8,19H2,1-7H3;2*8-17H,7,18H2,1-6H3;6-15H,5,16-18H2,1-4H3/q5*+1. The number of rotatable bonds is 38. The molecule has 0 fully saturated rings. The average Bonchev–Trinajstić information content (AvgIpc) is 0.722. The van der Waals surface area contributed by atoms with E-state index in [2.05, 4.69) is 289 Å². The predicted molar refractivity (Wildman–Crippen MR) is 538 cm³/mol. The quantitative estimate of drug-likeness (QED) is 0.0300. The summed E-state index contributed by atoms with van der Waals surface area (Å²) in [4.78, 5) is 52.8. The van der Waals surface area contributed by atoms with E-state index in [9.17, 15) is 24.3 Å². The lowest BCUT2D eigenvalue weighted by molar-refractivity contribution is -0.920. The number of esters is 2. The zero-order valence-electron chi connectivity index (χ0n) is 84.6. The highest BCUT2D eigenvalue weighted by Gasteiger charge is 2.58. The van der Waals surface area contributed by atoms with Gasteiger partial charge in [-0.3, -0.25) is 14.4 Å². The minimum atomic E-state index is -1.14. The molecule has 0 aliphatic heterocycles. The van der Waals surface area contributed by atoms with Crippen molar-refractivity contribution in [2.45, 2.75) is 192 Å². The summed E-state index contributed by atoms with van der Waals surface area (Å²) >= 11 is 0. The summed E-state index contributed by atoms with van der Waals surface area (Å²) in [5, 5.41) is 11.8. The van der Waals surface area contributed by atoms with Gasteiger partial charge < -0.3 is 41.7 Å². The Bertz CT molecular complexity index is 4860. The van der Waals surface area contributed by atoms with Crippen molar-refractivity contribution in [2.24, 2.45) is 10.8 Å². The maximum absolute atomic E-state index is 13.6. The Labute approximate surface area is 780 Å². The van der Waals surface area contributed by atoms with Crippen LogP contribution in [0.4, 0.5) is 0 Å². The maximum atomic E-state index is 13.6. The van der Waals surface area contributed by atoms with Gasteiger partial charge in [0.05, 0.1) is 157 Å². The van der Waals surface area contributed by atoms with Gasteiger partial charge in [0.1, 0.15) is 24.7 Å². The third kappa shape index (κ3) is 27.7. The van der Waals surface area contributed by atoms with E-state index in [1.165, 1.54) is 16.7 Å².